The average Bonchev–Trinajstić information content (AvgIpc) is 3.19. The van der Waals surface area contributed by atoms with Gasteiger partial charge in [-0.05, 0) is 37.0 Å². The summed E-state index contributed by atoms with van der Waals surface area (Å²) in [7, 11) is 3.14. The van der Waals surface area contributed by atoms with Crippen molar-refractivity contribution in [1.29, 1.82) is 0 Å². The predicted octanol–water partition coefficient (Wildman–Crippen LogP) is 2.85. The number of methoxy groups -OCH3 is 2. The lowest BCUT2D eigenvalue weighted by Crippen LogP contribution is -1.97. The summed E-state index contributed by atoms with van der Waals surface area (Å²) in [4.78, 5) is 11.9. The molecule has 90 valence electrons. The maximum absolute atomic E-state index is 11.9. The molecule has 1 aliphatic carbocycles. The number of ketones is 1. The topological polar surface area (TPSA) is 35.5 Å². The molecule has 0 spiro atoms. The third kappa shape index (κ3) is 3.09. The van der Waals surface area contributed by atoms with Crippen molar-refractivity contribution in [3.8, 4) is 11.5 Å². The van der Waals surface area contributed by atoms with Gasteiger partial charge in [0.1, 0.15) is 11.5 Å². The van der Waals surface area contributed by atoms with Crippen molar-refractivity contribution in [3.05, 3.63) is 35.9 Å². The van der Waals surface area contributed by atoms with Gasteiger partial charge in [0.2, 0.25) is 0 Å². The Labute approximate surface area is 101 Å². The molecule has 1 fully saturated rings. The standard InChI is InChI=1S/C14H16O3/c1-16-12-7-11(8-13(9-12)17-2)14(15)6-5-10-3-4-10/h5-10H,3-4H2,1-2H3/b6-5+. The van der Waals surface area contributed by atoms with Gasteiger partial charge in [-0.1, -0.05) is 6.08 Å². The maximum atomic E-state index is 11.9. The number of allylic oxidation sites excluding steroid dienone is 2. The molecule has 0 aliphatic heterocycles. The maximum Gasteiger partial charge on any atom is 0.185 e. The van der Waals surface area contributed by atoms with Gasteiger partial charge in [-0.15, -0.1) is 0 Å². The molecule has 1 saturated carbocycles. The highest BCUT2D eigenvalue weighted by molar-refractivity contribution is 6.05. The fourth-order valence-corrected chi connectivity index (χ4v) is 1.56. The smallest absolute Gasteiger partial charge is 0.185 e. The summed E-state index contributed by atoms with van der Waals surface area (Å²) in [6, 6.07) is 5.20. The summed E-state index contributed by atoms with van der Waals surface area (Å²) in [5.74, 6) is 1.86. The molecule has 0 amide bonds. The first-order valence-corrected chi connectivity index (χ1v) is 5.68. The van der Waals surface area contributed by atoms with Gasteiger partial charge in [-0.2, -0.15) is 0 Å². The second-order valence-corrected chi connectivity index (χ2v) is 4.16. The molecule has 0 unspecified atom stereocenters. The lowest BCUT2D eigenvalue weighted by atomic mass is 10.1. The van der Waals surface area contributed by atoms with Crippen molar-refractivity contribution in [3.63, 3.8) is 0 Å². The molecule has 0 bridgehead atoms. The van der Waals surface area contributed by atoms with Crippen molar-refractivity contribution in [1.82, 2.24) is 0 Å². The molecule has 0 aromatic heterocycles. The third-order valence-electron chi connectivity index (χ3n) is 2.78. The summed E-state index contributed by atoms with van der Waals surface area (Å²) in [5.41, 5.74) is 0.595. The molecule has 1 aliphatic rings. The van der Waals surface area contributed by atoms with E-state index in [2.05, 4.69) is 0 Å². The minimum absolute atomic E-state index is 0.00546. The summed E-state index contributed by atoms with van der Waals surface area (Å²) >= 11 is 0. The van der Waals surface area contributed by atoms with Crippen LogP contribution in [0, 0.1) is 5.92 Å². The van der Waals surface area contributed by atoms with Gasteiger partial charge >= 0.3 is 0 Å². The van der Waals surface area contributed by atoms with Crippen LogP contribution in [0.5, 0.6) is 11.5 Å². The molecule has 2 rings (SSSR count). The summed E-state index contributed by atoms with van der Waals surface area (Å²) in [6.45, 7) is 0. The predicted molar refractivity (Wildman–Crippen MR) is 65.7 cm³/mol. The van der Waals surface area contributed by atoms with Crippen LogP contribution < -0.4 is 9.47 Å². The lowest BCUT2D eigenvalue weighted by molar-refractivity contribution is 0.104. The molecule has 17 heavy (non-hydrogen) atoms. The van der Waals surface area contributed by atoms with Gasteiger partial charge in [0.15, 0.2) is 5.78 Å². The Morgan fingerprint density at radius 3 is 2.24 bits per heavy atom. The van der Waals surface area contributed by atoms with E-state index < -0.39 is 0 Å². The van der Waals surface area contributed by atoms with Crippen molar-refractivity contribution >= 4 is 5.78 Å². The molecule has 0 heterocycles. The molecule has 0 saturated heterocycles. The van der Waals surface area contributed by atoms with E-state index in [0.717, 1.165) is 0 Å². The highest BCUT2D eigenvalue weighted by atomic mass is 16.5. The van der Waals surface area contributed by atoms with Crippen molar-refractivity contribution in [2.24, 2.45) is 5.92 Å². The Hall–Kier alpha value is -1.77. The molecule has 0 radical (unpaired) electrons. The van der Waals surface area contributed by atoms with Crippen LogP contribution in [0.25, 0.3) is 0 Å². The first-order valence-electron chi connectivity index (χ1n) is 5.68. The zero-order chi connectivity index (χ0) is 12.3. The quantitative estimate of drug-likeness (QED) is 0.578. The van der Waals surface area contributed by atoms with Crippen LogP contribution in [0.1, 0.15) is 23.2 Å². The van der Waals surface area contributed by atoms with Crippen molar-refractivity contribution in [2.45, 2.75) is 12.8 Å². The minimum Gasteiger partial charge on any atom is -0.497 e. The Morgan fingerprint density at radius 2 is 1.76 bits per heavy atom. The average molecular weight is 232 g/mol. The fraction of sp³-hybridized carbons (Fsp3) is 0.357. The SMILES string of the molecule is COc1cc(OC)cc(C(=O)/C=C/C2CC2)c1. The molecule has 0 N–H and O–H groups in total. The number of rotatable bonds is 5. The molecule has 3 nitrogen and oxygen atoms in total. The van der Waals surface area contributed by atoms with Crippen LogP contribution in [-0.2, 0) is 0 Å². The number of benzene rings is 1. The Morgan fingerprint density at radius 1 is 1.18 bits per heavy atom. The minimum atomic E-state index is -0.00546. The fourth-order valence-electron chi connectivity index (χ4n) is 1.56. The zero-order valence-corrected chi connectivity index (χ0v) is 10.1. The summed E-state index contributed by atoms with van der Waals surface area (Å²) < 4.78 is 10.3. The summed E-state index contributed by atoms with van der Waals surface area (Å²) in [5, 5.41) is 0. The van der Waals surface area contributed by atoms with E-state index in [9.17, 15) is 4.79 Å². The number of hydrogen-bond acceptors (Lipinski definition) is 3. The van der Waals surface area contributed by atoms with Crippen LogP contribution in [-0.4, -0.2) is 20.0 Å². The van der Waals surface area contributed by atoms with Crippen LogP contribution in [0.15, 0.2) is 30.4 Å². The van der Waals surface area contributed by atoms with E-state index in [-0.39, 0.29) is 5.78 Å². The monoisotopic (exact) mass is 232 g/mol. The molecule has 3 heteroatoms. The van der Waals surface area contributed by atoms with Gasteiger partial charge < -0.3 is 9.47 Å². The largest absolute Gasteiger partial charge is 0.497 e. The third-order valence-corrected chi connectivity index (χ3v) is 2.78. The van der Waals surface area contributed by atoms with Gasteiger partial charge in [0.25, 0.3) is 0 Å². The number of ether oxygens (including phenoxy) is 2. The zero-order valence-electron chi connectivity index (χ0n) is 10.1. The Bertz CT molecular complexity index is 423. The van der Waals surface area contributed by atoms with Crippen LogP contribution in [0.4, 0.5) is 0 Å². The van der Waals surface area contributed by atoms with E-state index in [1.807, 2.05) is 6.08 Å². The Kier molecular flexibility index (Phi) is 3.47. The first kappa shape index (κ1) is 11.7. The Balaban J connectivity index is 2.20. The van der Waals surface area contributed by atoms with Crippen molar-refractivity contribution < 1.29 is 14.3 Å². The highest BCUT2D eigenvalue weighted by Gasteiger charge is 2.18. The van der Waals surface area contributed by atoms with E-state index in [1.54, 1.807) is 38.5 Å². The van der Waals surface area contributed by atoms with Gasteiger partial charge in [-0.25, -0.2) is 0 Å². The van der Waals surface area contributed by atoms with Crippen LogP contribution in [0.2, 0.25) is 0 Å². The van der Waals surface area contributed by atoms with Crippen LogP contribution in [0.3, 0.4) is 0 Å². The molecule has 0 atom stereocenters. The lowest BCUT2D eigenvalue weighted by Gasteiger charge is -2.06. The second-order valence-electron chi connectivity index (χ2n) is 4.16. The normalized spacial score (nSPS) is 14.9. The molecule has 1 aromatic carbocycles. The first-order chi connectivity index (χ1) is 8.22. The van der Waals surface area contributed by atoms with Gasteiger partial charge in [-0.3, -0.25) is 4.79 Å². The number of hydrogen-bond donors (Lipinski definition) is 0. The van der Waals surface area contributed by atoms with Crippen molar-refractivity contribution in [2.75, 3.05) is 14.2 Å². The molecular formula is C14H16O3. The molecular weight excluding hydrogens is 216 g/mol. The van der Waals surface area contributed by atoms with E-state index in [0.29, 0.717) is 23.0 Å². The van der Waals surface area contributed by atoms with E-state index in [1.165, 1.54) is 12.8 Å². The molecule has 1 aromatic rings. The number of carbonyl (C=O) groups excluding carboxylic acids is 1. The van der Waals surface area contributed by atoms with Gasteiger partial charge in [0, 0.05) is 11.6 Å². The number of carbonyl (C=O) groups is 1. The van der Waals surface area contributed by atoms with E-state index in [4.69, 9.17) is 9.47 Å². The highest BCUT2D eigenvalue weighted by Crippen LogP contribution is 2.30. The van der Waals surface area contributed by atoms with Gasteiger partial charge in [0.05, 0.1) is 14.2 Å². The summed E-state index contributed by atoms with van der Waals surface area (Å²) in [6.07, 6.45) is 6.02. The van der Waals surface area contributed by atoms with Crippen LogP contribution >= 0.6 is 0 Å². The second kappa shape index (κ2) is 5.04. The van der Waals surface area contributed by atoms with E-state index >= 15 is 0 Å².